The Hall–Kier alpha value is -2.89. The van der Waals surface area contributed by atoms with Crippen molar-refractivity contribution in [2.24, 2.45) is 5.92 Å². The Balaban J connectivity index is 1.52. The molecule has 1 atom stereocenters. The third-order valence-electron chi connectivity index (χ3n) is 5.43. The van der Waals surface area contributed by atoms with E-state index in [1.54, 1.807) is 4.90 Å². The highest BCUT2D eigenvalue weighted by Gasteiger charge is 2.28. The first-order chi connectivity index (χ1) is 13.0. The van der Waals surface area contributed by atoms with Crippen LogP contribution < -0.4 is 10.5 Å². The molecule has 1 saturated heterocycles. The van der Waals surface area contributed by atoms with Gasteiger partial charge in [0.15, 0.2) is 5.78 Å². The number of nitrogens with zero attached hydrogens (tertiary/aromatic N) is 2. The zero-order valence-electron chi connectivity index (χ0n) is 15.4. The third-order valence-corrected chi connectivity index (χ3v) is 5.43. The van der Waals surface area contributed by atoms with Crippen LogP contribution in [0.15, 0.2) is 41.2 Å². The van der Waals surface area contributed by atoms with E-state index >= 15 is 0 Å². The Bertz CT molecular complexity index is 927. The average molecular weight is 365 g/mol. The quantitative estimate of drug-likeness (QED) is 0.885. The number of hydrogen-bond donors (Lipinski definition) is 1. The molecule has 6 heteroatoms. The lowest BCUT2D eigenvalue weighted by Crippen LogP contribution is -2.49. The number of benzene rings is 1. The number of piperazine rings is 1. The maximum Gasteiger partial charge on any atom is 0.261 e. The largest absolute Gasteiger partial charge is 0.368 e. The molecule has 2 aliphatic rings. The standard InChI is InChI=1S/C21H23N3O3/c1-14-11-18-16(19(25)12-14)13-17(20(26)22-18)21(27)24-9-7-23(8-10-24)15-5-3-2-4-6-15/h2-6,13-14H,7-12H2,1H3,(H,22,26). The summed E-state index contributed by atoms with van der Waals surface area (Å²) in [5.41, 5.74) is 1.97. The van der Waals surface area contributed by atoms with E-state index in [1.807, 2.05) is 25.1 Å². The van der Waals surface area contributed by atoms with Crippen LogP contribution >= 0.6 is 0 Å². The molecule has 2 aromatic rings. The molecule has 0 bridgehead atoms. The van der Waals surface area contributed by atoms with Gasteiger partial charge in [0.05, 0.1) is 0 Å². The molecule has 1 aromatic heterocycles. The lowest BCUT2D eigenvalue weighted by molar-refractivity contribution is 0.0745. The highest BCUT2D eigenvalue weighted by atomic mass is 16.2. The van der Waals surface area contributed by atoms with Crippen molar-refractivity contribution >= 4 is 17.4 Å². The van der Waals surface area contributed by atoms with Crippen LogP contribution in [0.1, 0.15) is 39.8 Å². The van der Waals surface area contributed by atoms with Gasteiger partial charge in [-0.25, -0.2) is 0 Å². The predicted octanol–water partition coefficient (Wildman–Crippen LogP) is 2.10. The van der Waals surface area contributed by atoms with Crippen LogP contribution in [0.4, 0.5) is 5.69 Å². The minimum atomic E-state index is -0.397. The van der Waals surface area contributed by atoms with Crippen LogP contribution in [0.2, 0.25) is 0 Å². The number of hydrogen-bond acceptors (Lipinski definition) is 4. The van der Waals surface area contributed by atoms with Crippen LogP contribution in [0, 0.1) is 5.92 Å². The number of amides is 1. The summed E-state index contributed by atoms with van der Waals surface area (Å²) in [4.78, 5) is 44.4. The number of aromatic nitrogens is 1. The van der Waals surface area contributed by atoms with Crippen molar-refractivity contribution in [3.8, 4) is 0 Å². The lowest BCUT2D eigenvalue weighted by atomic mass is 9.86. The summed E-state index contributed by atoms with van der Waals surface area (Å²) in [5.74, 6) is -0.0746. The Kier molecular flexibility index (Phi) is 4.56. The smallest absolute Gasteiger partial charge is 0.261 e. The zero-order valence-corrected chi connectivity index (χ0v) is 15.4. The van der Waals surface area contributed by atoms with E-state index < -0.39 is 5.56 Å². The summed E-state index contributed by atoms with van der Waals surface area (Å²) >= 11 is 0. The molecule has 1 aromatic carbocycles. The molecule has 1 aliphatic heterocycles. The number of fused-ring (bicyclic) bond motifs is 1. The molecule has 140 valence electrons. The third kappa shape index (κ3) is 3.39. The summed E-state index contributed by atoms with van der Waals surface area (Å²) < 4.78 is 0. The van der Waals surface area contributed by atoms with Crippen LogP contribution in [0.5, 0.6) is 0 Å². The number of ketones is 1. The van der Waals surface area contributed by atoms with Gasteiger partial charge >= 0.3 is 0 Å². The lowest BCUT2D eigenvalue weighted by Gasteiger charge is -2.36. The molecule has 27 heavy (non-hydrogen) atoms. The van der Waals surface area contributed by atoms with Crippen LogP contribution in [0.3, 0.4) is 0 Å². The molecule has 1 amide bonds. The number of carbonyl (C=O) groups is 2. The second kappa shape index (κ2) is 7.02. The normalized spacial score (nSPS) is 19.7. The number of aromatic amines is 1. The minimum Gasteiger partial charge on any atom is -0.368 e. The van der Waals surface area contributed by atoms with E-state index in [0.29, 0.717) is 37.2 Å². The number of Topliss-reactive ketones (excluding diaryl/α,β-unsaturated/α-hetero) is 1. The summed E-state index contributed by atoms with van der Waals surface area (Å²) in [6.45, 7) is 4.53. The molecule has 0 spiro atoms. The van der Waals surface area contributed by atoms with Gasteiger partial charge in [0.2, 0.25) is 0 Å². The van der Waals surface area contributed by atoms with Gasteiger partial charge in [-0.3, -0.25) is 14.4 Å². The number of pyridine rings is 1. The second-order valence-electron chi connectivity index (χ2n) is 7.46. The monoisotopic (exact) mass is 365 g/mol. The Morgan fingerprint density at radius 3 is 2.44 bits per heavy atom. The van der Waals surface area contributed by atoms with Gasteiger partial charge in [-0.2, -0.15) is 0 Å². The van der Waals surface area contributed by atoms with Crippen molar-refractivity contribution in [2.75, 3.05) is 31.1 Å². The van der Waals surface area contributed by atoms with E-state index in [4.69, 9.17) is 0 Å². The van der Waals surface area contributed by atoms with Gasteiger partial charge in [-0.15, -0.1) is 0 Å². The molecule has 1 fully saturated rings. The predicted molar refractivity (Wildman–Crippen MR) is 103 cm³/mol. The Labute approximate surface area is 157 Å². The highest BCUT2D eigenvalue weighted by molar-refractivity contribution is 6.01. The molecule has 1 unspecified atom stereocenters. The summed E-state index contributed by atoms with van der Waals surface area (Å²) in [6, 6.07) is 11.6. The van der Waals surface area contributed by atoms with Gasteiger partial charge in [-0.1, -0.05) is 25.1 Å². The fraction of sp³-hybridized carbons (Fsp3) is 0.381. The summed E-state index contributed by atoms with van der Waals surface area (Å²) in [5, 5.41) is 0. The van der Waals surface area contributed by atoms with E-state index in [-0.39, 0.29) is 23.2 Å². The first kappa shape index (κ1) is 17.5. The van der Waals surface area contributed by atoms with Crippen molar-refractivity contribution in [1.29, 1.82) is 0 Å². The second-order valence-corrected chi connectivity index (χ2v) is 7.46. The van der Waals surface area contributed by atoms with Gasteiger partial charge in [0.1, 0.15) is 5.56 Å². The zero-order chi connectivity index (χ0) is 19.0. The number of carbonyl (C=O) groups excluding carboxylic acids is 2. The number of anilines is 1. The molecule has 1 aliphatic carbocycles. The van der Waals surface area contributed by atoms with Gasteiger partial charge in [-0.05, 0) is 30.5 Å². The van der Waals surface area contributed by atoms with Gasteiger partial charge < -0.3 is 14.8 Å². The average Bonchev–Trinajstić information content (AvgIpc) is 2.68. The molecule has 0 radical (unpaired) electrons. The fourth-order valence-electron chi connectivity index (χ4n) is 3.96. The van der Waals surface area contributed by atoms with Crippen LogP contribution in [-0.4, -0.2) is 47.8 Å². The first-order valence-electron chi connectivity index (χ1n) is 9.41. The molecule has 0 saturated carbocycles. The molecule has 4 rings (SSSR count). The molecule has 2 heterocycles. The van der Waals surface area contributed by atoms with Gasteiger partial charge in [0.25, 0.3) is 11.5 Å². The maximum atomic E-state index is 12.9. The fourth-order valence-corrected chi connectivity index (χ4v) is 3.96. The Morgan fingerprint density at radius 2 is 1.74 bits per heavy atom. The highest BCUT2D eigenvalue weighted by Crippen LogP contribution is 2.24. The van der Waals surface area contributed by atoms with Crippen molar-refractivity contribution in [3.63, 3.8) is 0 Å². The Morgan fingerprint density at radius 1 is 1.04 bits per heavy atom. The van der Waals surface area contributed by atoms with Crippen molar-refractivity contribution in [3.05, 3.63) is 63.6 Å². The summed E-state index contributed by atoms with van der Waals surface area (Å²) in [7, 11) is 0. The van der Waals surface area contributed by atoms with Crippen molar-refractivity contribution in [1.82, 2.24) is 9.88 Å². The van der Waals surface area contributed by atoms with Crippen LogP contribution in [-0.2, 0) is 6.42 Å². The molecular formula is C21H23N3O3. The summed E-state index contributed by atoms with van der Waals surface area (Å²) in [6.07, 6.45) is 1.13. The van der Waals surface area contributed by atoms with E-state index in [9.17, 15) is 14.4 Å². The molecule has 6 nitrogen and oxygen atoms in total. The van der Waals surface area contributed by atoms with E-state index in [2.05, 4.69) is 22.0 Å². The number of rotatable bonds is 2. The minimum absolute atomic E-state index is 0.00273. The topological polar surface area (TPSA) is 73.5 Å². The van der Waals surface area contributed by atoms with E-state index in [0.717, 1.165) is 18.8 Å². The van der Waals surface area contributed by atoms with Crippen LogP contribution in [0.25, 0.3) is 0 Å². The SMILES string of the molecule is CC1CC(=O)c2cc(C(=O)N3CCN(c4ccccc4)CC3)c(=O)[nH]c2C1. The first-order valence-corrected chi connectivity index (χ1v) is 9.41. The molecule has 1 N–H and O–H groups in total. The van der Waals surface area contributed by atoms with Crippen molar-refractivity contribution in [2.45, 2.75) is 19.8 Å². The van der Waals surface area contributed by atoms with Gasteiger partial charge in [0, 0.05) is 49.5 Å². The van der Waals surface area contributed by atoms with Crippen molar-refractivity contribution < 1.29 is 9.59 Å². The number of nitrogens with one attached hydrogen (secondary N) is 1. The number of H-pyrrole nitrogens is 1. The maximum absolute atomic E-state index is 12.9. The number of para-hydroxylation sites is 1. The molecular weight excluding hydrogens is 342 g/mol. The van der Waals surface area contributed by atoms with E-state index in [1.165, 1.54) is 6.07 Å².